The van der Waals surface area contributed by atoms with Gasteiger partial charge in [-0.1, -0.05) is 61.2 Å². The van der Waals surface area contributed by atoms with Crippen LogP contribution in [0.15, 0.2) is 77.1 Å². The summed E-state index contributed by atoms with van der Waals surface area (Å²) in [5.74, 6) is 0. The van der Waals surface area contributed by atoms with Gasteiger partial charge in [0.15, 0.2) is 0 Å². The Morgan fingerprint density at radius 3 is 2.26 bits per heavy atom. The molecule has 0 atom stereocenters. The minimum Gasteiger partial charge on any atom is -0.371 e. The molecule has 0 radical (unpaired) electrons. The average molecular weight is 577 g/mol. The van der Waals surface area contributed by atoms with Gasteiger partial charge in [0, 0.05) is 46.5 Å². The molecule has 0 bridgehead atoms. The zero-order valence-electron chi connectivity index (χ0n) is 22.4. The predicted molar refractivity (Wildman–Crippen MR) is 171 cm³/mol. The molecule has 1 aliphatic carbocycles. The quantitative estimate of drug-likeness (QED) is 0.221. The summed E-state index contributed by atoms with van der Waals surface area (Å²) in [6.07, 6.45) is 11.9. The van der Waals surface area contributed by atoms with Crippen molar-refractivity contribution in [3.05, 3.63) is 88.3 Å². The van der Waals surface area contributed by atoms with Crippen molar-refractivity contribution in [2.24, 2.45) is 10.4 Å². The van der Waals surface area contributed by atoms with E-state index in [2.05, 4.69) is 59.7 Å². The highest BCUT2D eigenvalue weighted by Crippen LogP contribution is 2.45. The summed E-state index contributed by atoms with van der Waals surface area (Å²) in [5, 5.41) is 3.84. The molecule has 2 aliphatic rings. The molecular formula is C33H35Cl2N3S. The Labute approximate surface area is 247 Å². The topological polar surface area (TPSA) is 28.5 Å². The zero-order chi connectivity index (χ0) is 26.0. The van der Waals surface area contributed by atoms with Crippen LogP contribution in [0.2, 0.25) is 5.02 Å². The third-order valence-electron chi connectivity index (χ3n) is 8.47. The highest BCUT2D eigenvalue weighted by Gasteiger charge is 2.35. The summed E-state index contributed by atoms with van der Waals surface area (Å²) in [7, 11) is 0. The van der Waals surface area contributed by atoms with Crippen molar-refractivity contribution >= 4 is 52.9 Å². The average Bonchev–Trinajstić information content (AvgIpc) is 3.44. The minimum absolute atomic E-state index is 0. The lowest BCUT2D eigenvalue weighted by Gasteiger charge is -2.45. The summed E-state index contributed by atoms with van der Waals surface area (Å²) in [6.45, 7) is 4.58. The number of rotatable bonds is 5. The van der Waals surface area contributed by atoms with Crippen LogP contribution in [0.4, 0.5) is 11.4 Å². The first kappa shape index (κ1) is 27.9. The molecule has 6 heteroatoms. The number of aliphatic imine (C=N–C) groups is 1. The fraction of sp³-hybridized carbons (Fsp3) is 0.333. The number of hydrogen-bond acceptors (Lipinski definition) is 4. The Kier molecular flexibility index (Phi) is 8.76. The Morgan fingerprint density at radius 1 is 0.872 bits per heavy atom. The van der Waals surface area contributed by atoms with Gasteiger partial charge in [-0.3, -0.25) is 4.99 Å². The summed E-state index contributed by atoms with van der Waals surface area (Å²) in [6, 6.07) is 23.0. The number of hydrogen-bond donors (Lipinski definition) is 0. The van der Waals surface area contributed by atoms with E-state index in [0.717, 1.165) is 32.5 Å². The molecule has 4 aromatic rings. The van der Waals surface area contributed by atoms with Crippen LogP contribution in [0.1, 0.15) is 56.1 Å². The second-order valence-corrected chi connectivity index (χ2v) is 12.2. The van der Waals surface area contributed by atoms with Crippen LogP contribution < -0.4 is 4.90 Å². The van der Waals surface area contributed by atoms with Crippen LogP contribution in [0.25, 0.3) is 21.8 Å². The molecule has 39 heavy (non-hydrogen) atoms. The number of aromatic nitrogens is 1. The summed E-state index contributed by atoms with van der Waals surface area (Å²) in [4.78, 5) is 12.2. The van der Waals surface area contributed by atoms with E-state index in [1.165, 1.54) is 74.8 Å². The van der Waals surface area contributed by atoms with Gasteiger partial charge in [0.2, 0.25) is 0 Å². The maximum absolute atomic E-state index is 6.02. The van der Waals surface area contributed by atoms with Crippen molar-refractivity contribution in [2.75, 3.05) is 18.0 Å². The lowest BCUT2D eigenvalue weighted by molar-refractivity contribution is 0.144. The molecule has 6 rings (SSSR count). The van der Waals surface area contributed by atoms with E-state index in [1.807, 2.05) is 30.5 Å². The largest absolute Gasteiger partial charge is 0.371 e. The number of aryl methyl sites for hydroxylation is 1. The first-order valence-corrected chi connectivity index (χ1v) is 15.0. The first-order chi connectivity index (χ1) is 18.6. The molecule has 2 heterocycles. The molecule has 0 N–H and O–H groups in total. The lowest BCUT2D eigenvalue weighted by atomic mass is 9.68. The molecule has 3 nitrogen and oxygen atoms in total. The molecule has 2 fully saturated rings. The lowest BCUT2D eigenvalue weighted by Crippen LogP contribution is -2.41. The van der Waals surface area contributed by atoms with Crippen molar-refractivity contribution in [1.29, 1.82) is 0 Å². The van der Waals surface area contributed by atoms with Crippen LogP contribution in [0.3, 0.4) is 0 Å². The van der Waals surface area contributed by atoms with E-state index < -0.39 is 0 Å². The van der Waals surface area contributed by atoms with E-state index in [4.69, 9.17) is 21.6 Å². The van der Waals surface area contributed by atoms with E-state index in [1.54, 1.807) is 11.3 Å². The van der Waals surface area contributed by atoms with Crippen molar-refractivity contribution in [3.8, 4) is 21.8 Å². The molecule has 1 saturated carbocycles. The second-order valence-electron chi connectivity index (χ2n) is 10.9. The molecule has 1 aromatic heterocycles. The maximum Gasteiger partial charge on any atom is 0.124 e. The molecule has 0 amide bonds. The normalized spacial score (nSPS) is 16.9. The van der Waals surface area contributed by atoms with Crippen LogP contribution >= 0.6 is 35.3 Å². The Bertz CT molecular complexity index is 1410. The molecule has 202 valence electrons. The standard InChI is InChI=1S/C33H34ClN3S.ClH/c1-24-21-30(37-19-17-33(18-20-37)15-3-2-4-16-33)14-9-27(24)22-35-29-12-7-25(8-13-29)31-23-38-32(36-31)26-5-10-28(34)11-6-26;/h5-14,21-23H,2-4,15-20H2,1H3;1H. The Hall–Kier alpha value is -2.66. The first-order valence-electron chi connectivity index (χ1n) is 13.8. The van der Waals surface area contributed by atoms with Crippen LogP contribution in [-0.4, -0.2) is 24.3 Å². The van der Waals surface area contributed by atoms with E-state index >= 15 is 0 Å². The number of anilines is 1. The molecule has 1 spiro atoms. The SMILES string of the molecule is Cc1cc(N2CCC3(CCCCC3)CC2)ccc1C=Nc1ccc(-c2csc(-c3ccc(Cl)cc3)n2)cc1.Cl. The van der Waals surface area contributed by atoms with E-state index in [-0.39, 0.29) is 12.4 Å². The molecule has 1 saturated heterocycles. The highest BCUT2D eigenvalue weighted by molar-refractivity contribution is 7.13. The fourth-order valence-corrected chi connectivity index (χ4v) is 7.00. The van der Waals surface area contributed by atoms with Gasteiger partial charge >= 0.3 is 0 Å². The molecular weight excluding hydrogens is 541 g/mol. The third-order valence-corrected chi connectivity index (χ3v) is 9.61. The minimum atomic E-state index is 0. The van der Waals surface area contributed by atoms with Crippen molar-refractivity contribution < 1.29 is 0 Å². The van der Waals surface area contributed by atoms with Gasteiger partial charge in [0.1, 0.15) is 5.01 Å². The number of nitrogens with zero attached hydrogens (tertiary/aromatic N) is 3. The molecule has 1 aliphatic heterocycles. The highest BCUT2D eigenvalue weighted by atomic mass is 35.5. The van der Waals surface area contributed by atoms with Crippen molar-refractivity contribution in [3.63, 3.8) is 0 Å². The van der Waals surface area contributed by atoms with Crippen LogP contribution in [0, 0.1) is 12.3 Å². The Morgan fingerprint density at radius 2 is 1.56 bits per heavy atom. The maximum atomic E-state index is 6.02. The van der Waals surface area contributed by atoms with Crippen LogP contribution in [0.5, 0.6) is 0 Å². The van der Waals surface area contributed by atoms with Crippen molar-refractivity contribution in [2.45, 2.75) is 51.9 Å². The summed E-state index contributed by atoms with van der Waals surface area (Å²) in [5.41, 5.74) is 8.55. The number of piperidine rings is 1. The Balaban J connectivity index is 0.00000308. The van der Waals surface area contributed by atoms with Crippen LogP contribution in [-0.2, 0) is 0 Å². The van der Waals surface area contributed by atoms with Gasteiger partial charge in [-0.25, -0.2) is 4.98 Å². The van der Waals surface area contributed by atoms with Gasteiger partial charge in [-0.2, -0.15) is 0 Å². The fourth-order valence-electron chi connectivity index (χ4n) is 6.04. The zero-order valence-corrected chi connectivity index (χ0v) is 24.8. The van der Waals surface area contributed by atoms with Crippen molar-refractivity contribution in [1.82, 2.24) is 4.98 Å². The predicted octanol–water partition coefficient (Wildman–Crippen LogP) is 10.2. The third kappa shape index (κ3) is 6.40. The van der Waals surface area contributed by atoms with Gasteiger partial charge in [0.05, 0.1) is 11.4 Å². The summed E-state index contributed by atoms with van der Waals surface area (Å²) >= 11 is 7.67. The van der Waals surface area contributed by atoms with Gasteiger partial charge in [-0.05, 0) is 85.5 Å². The second kappa shape index (κ2) is 12.2. The number of benzene rings is 3. The monoisotopic (exact) mass is 575 g/mol. The smallest absolute Gasteiger partial charge is 0.124 e. The van der Waals surface area contributed by atoms with E-state index in [0.29, 0.717) is 5.41 Å². The van der Waals surface area contributed by atoms with E-state index in [9.17, 15) is 0 Å². The number of halogens is 2. The molecule has 3 aromatic carbocycles. The van der Waals surface area contributed by atoms with Gasteiger partial charge in [0.25, 0.3) is 0 Å². The number of thiazole rings is 1. The van der Waals surface area contributed by atoms with Gasteiger partial charge < -0.3 is 4.90 Å². The summed E-state index contributed by atoms with van der Waals surface area (Å²) < 4.78 is 0. The van der Waals surface area contributed by atoms with Gasteiger partial charge in [-0.15, -0.1) is 23.7 Å². The molecule has 0 unspecified atom stereocenters.